The Balaban J connectivity index is 1.96. The molecule has 1 N–H and O–H groups in total. The molecule has 1 atom stereocenters. The number of carbonyl (C=O) groups is 2. The Morgan fingerprint density at radius 2 is 2.03 bits per heavy atom. The molecule has 0 spiro atoms. The van der Waals surface area contributed by atoms with Crippen LogP contribution in [0.2, 0.25) is 0 Å². The maximum absolute atomic E-state index is 13.0. The molecule has 0 saturated carbocycles. The predicted molar refractivity (Wildman–Crippen MR) is 116 cm³/mol. The van der Waals surface area contributed by atoms with Crippen LogP contribution in [0.3, 0.4) is 0 Å². The molecule has 0 aliphatic heterocycles. The highest BCUT2D eigenvalue weighted by Crippen LogP contribution is 2.30. The average molecular weight is 429 g/mol. The fourth-order valence-electron chi connectivity index (χ4n) is 2.99. The van der Waals surface area contributed by atoms with Crippen molar-refractivity contribution in [3.8, 4) is 5.75 Å². The number of rotatable bonds is 7. The summed E-state index contributed by atoms with van der Waals surface area (Å²) in [4.78, 5) is 43.2. The number of esters is 1. The average Bonchev–Trinajstić information content (AvgIpc) is 3.09. The topological polar surface area (TPSA) is 99.5 Å². The van der Waals surface area contributed by atoms with Gasteiger partial charge in [0.1, 0.15) is 16.6 Å². The number of para-hydroxylation sites is 2. The molecule has 3 aromatic rings. The lowest BCUT2D eigenvalue weighted by Crippen LogP contribution is -2.29. The highest BCUT2D eigenvalue weighted by Gasteiger charge is 2.24. The summed E-state index contributed by atoms with van der Waals surface area (Å²) in [6, 6.07) is 6.25. The van der Waals surface area contributed by atoms with E-state index in [0.717, 1.165) is 11.3 Å². The molecular weight excluding hydrogens is 406 g/mol. The standard InChI is InChI=1S/C21H23N3O5S/c1-5-10-29-21(27)13(3)24-11-22-19-16(20(24)26)12(2)17(30-19)18(25)23-14-8-6-7-9-15(14)28-4/h6-9,11,13H,5,10H2,1-4H3,(H,23,25)/t13-/m1/s1. The number of nitrogens with zero attached hydrogens (tertiary/aromatic N) is 2. The van der Waals surface area contributed by atoms with Crippen molar-refractivity contribution in [1.82, 2.24) is 9.55 Å². The lowest BCUT2D eigenvalue weighted by Gasteiger charge is -2.13. The van der Waals surface area contributed by atoms with Crippen molar-refractivity contribution >= 4 is 39.1 Å². The van der Waals surface area contributed by atoms with E-state index in [9.17, 15) is 14.4 Å². The normalized spacial score (nSPS) is 11.9. The van der Waals surface area contributed by atoms with Crippen LogP contribution in [0, 0.1) is 6.92 Å². The van der Waals surface area contributed by atoms with E-state index in [1.165, 1.54) is 18.0 Å². The van der Waals surface area contributed by atoms with Crippen molar-refractivity contribution in [1.29, 1.82) is 0 Å². The van der Waals surface area contributed by atoms with Crippen molar-refractivity contribution in [2.75, 3.05) is 19.0 Å². The molecule has 0 bridgehead atoms. The van der Waals surface area contributed by atoms with Gasteiger partial charge < -0.3 is 14.8 Å². The molecule has 3 rings (SSSR count). The number of hydrogen-bond acceptors (Lipinski definition) is 7. The van der Waals surface area contributed by atoms with Gasteiger partial charge in [0, 0.05) is 0 Å². The first kappa shape index (κ1) is 21.5. The van der Waals surface area contributed by atoms with E-state index in [-0.39, 0.29) is 11.5 Å². The summed E-state index contributed by atoms with van der Waals surface area (Å²) in [6.45, 7) is 5.47. The predicted octanol–water partition coefficient (Wildman–Crippen LogP) is 3.54. The lowest BCUT2D eigenvalue weighted by atomic mass is 10.2. The first-order valence-electron chi connectivity index (χ1n) is 9.50. The molecule has 2 heterocycles. The summed E-state index contributed by atoms with van der Waals surface area (Å²) in [7, 11) is 1.52. The van der Waals surface area contributed by atoms with Gasteiger partial charge in [0.05, 0.1) is 36.0 Å². The summed E-state index contributed by atoms with van der Waals surface area (Å²) >= 11 is 1.13. The second kappa shape index (κ2) is 9.08. The number of anilines is 1. The monoisotopic (exact) mass is 429 g/mol. The Hall–Kier alpha value is -3.20. The van der Waals surface area contributed by atoms with E-state index in [1.54, 1.807) is 38.1 Å². The van der Waals surface area contributed by atoms with E-state index >= 15 is 0 Å². The molecular formula is C21H23N3O5S. The number of ether oxygens (including phenoxy) is 2. The van der Waals surface area contributed by atoms with Gasteiger partial charge in [0.15, 0.2) is 0 Å². The Bertz CT molecular complexity index is 1150. The first-order chi connectivity index (χ1) is 14.4. The molecule has 0 aliphatic carbocycles. The zero-order valence-electron chi connectivity index (χ0n) is 17.2. The summed E-state index contributed by atoms with van der Waals surface area (Å²) in [5.74, 6) is -0.326. The van der Waals surface area contributed by atoms with Crippen molar-refractivity contribution in [3.63, 3.8) is 0 Å². The third kappa shape index (κ3) is 4.06. The largest absolute Gasteiger partial charge is 0.495 e. The quantitative estimate of drug-likeness (QED) is 0.577. The number of hydrogen-bond donors (Lipinski definition) is 1. The fourth-order valence-corrected chi connectivity index (χ4v) is 4.03. The molecule has 0 radical (unpaired) electrons. The minimum Gasteiger partial charge on any atom is -0.495 e. The molecule has 9 heteroatoms. The zero-order chi connectivity index (χ0) is 21.8. The summed E-state index contributed by atoms with van der Waals surface area (Å²) in [6.07, 6.45) is 2.01. The number of nitrogens with one attached hydrogen (secondary N) is 1. The highest BCUT2D eigenvalue weighted by molar-refractivity contribution is 7.20. The maximum Gasteiger partial charge on any atom is 0.328 e. The number of thiophene rings is 1. The Morgan fingerprint density at radius 1 is 1.30 bits per heavy atom. The summed E-state index contributed by atoms with van der Waals surface area (Å²) in [5, 5.41) is 3.14. The molecule has 158 valence electrons. The van der Waals surface area contributed by atoms with E-state index in [2.05, 4.69) is 10.3 Å². The third-order valence-electron chi connectivity index (χ3n) is 4.64. The van der Waals surface area contributed by atoms with Crippen LogP contribution >= 0.6 is 11.3 Å². The van der Waals surface area contributed by atoms with Gasteiger partial charge in [0.2, 0.25) is 0 Å². The molecule has 0 saturated heterocycles. The van der Waals surface area contributed by atoms with Gasteiger partial charge in [-0.05, 0) is 38.0 Å². The minimum absolute atomic E-state index is 0.290. The molecule has 30 heavy (non-hydrogen) atoms. The van der Waals surface area contributed by atoms with Gasteiger partial charge >= 0.3 is 5.97 Å². The van der Waals surface area contributed by atoms with Gasteiger partial charge in [-0.3, -0.25) is 14.2 Å². The zero-order valence-corrected chi connectivity index (χ0v) is 18.0. The number of benzene rings is 1. The van der Waals surface area contributed by atoms with Crippen LogP contribution in [0.25, 0.3) is 10.2 Å². The van der Waals surface area contributed by atoms with Gasteiger partial charge in [0.25, 0.3) is 11.5 Å². The van der Waals surface area contributed by atoms with E-state index in [1.807, 2.05) is 6.92 Å². The van der Waals surface area contributed by atoms with Gasteiger partial charge in [-0.2, -0.15) is 0 Å². The molecule has 1 aromatic carbocycles. The van der Waals surface area contributed by atoms with Gasteiger partial charge in [-0.25, -0.2) is 9.78 Å². The first-order valence-corrected chi connectivity index (χ1v) is 10.3. The summed E-state index contributed by atoms with van der Waals surface area (Å²) in [5.41, 5.74) is 0.661. The Kier molecular flexibility index (Phi) is 6.51. The number of amides is 1. The number of methoxy groups -OCH3 is 1. The van der Waals surface area contributed by atoms with Gasteiger partial charge in [-0.15, -0.1) is 11.3 Å². The van der Waals surface area contributed by atoms with E-state index in [4.69, 9.17) is 9.47 Å². The van der Waals surface area contributed by atoms with Crippen LogP contribution in [-0.4, -0.2) is 35.1 Å². The van der Waals surface area contributed by atoms with Crippen LogP contribution in [0.15, 0.2) is 35.4 Å². The maximum atomic E-state index is 13.0. The minimum atomic E-state index is -0.814. The molecule has 0 aliphatic rings. The van der Waals surface area contributed by atoms with Crippen LogP contribution in [0.4, 0.5) is 5.69 Å². The fraction of sp³-hybridized carbons (Fsp3) is 0.333. The molecule has 0 fully saturated rings. The number of aromatic nitrogens is 2. The van der Waals surface area contributed by atoms with Crippen LogP contribution in [0.1, 0.15) is 41.5 Å². The SMILES string of the molecule is CCCOC(=O)[C@@H](C)n1cnc2sc(C(=O)Nc3ccccc3OC)c(C)c2c1=O. The van der Waals surface area contributed by atoms with Crippen LogP contribution < -0.4 is 15.6 Å². The third-order valence-corrected chi connectivity index (χ3v) is 5.84. The van der Waals surface area contributed by atoms with Crippen molar-refractivity contribution in [3.05, 3.63) is 51.4 Å². The number of carbonyl (C=O) groups excluding carboxylic acids is 2. The van der Waals surface area contributed by atoms with E-state index in [0.29, 0.717) is 45.1 Å². The second-order valence-electron chi connectivity index (χ2n) is 6.69. The summed E-state index contributed by atoms with van der Waals surface area (Å²) < 4.78 is 11.6. The lowest BCUT2D eigenvalue weighted by molar-refractivity contribution is -0.147. The Morgan fingerprint density at radius 3 is 2.73 bits per heavy atom. The number of aryl methyl sites for hydroxylation is 1. The van der Waals surface area contributed by atoms with Crippen LogP contribution in [0.5, 0.6) is 5.75 Å². The van der Waals surface area contributed by atoms with Crippen molar-refractivity contribution in [2.24, 2.45) is 0 Å². The second-order valence-corrected chi connectivity index (χ2v) is 7.69. The van der Waals surface area contributed by atoms with Crippen LogP contribution in [-0.2, 0) is 9.53 Å². The van der Waals surface area contributed by atoms with Gasteiger partial charge in [-0.1, -0.05) is 19.1 Å². The molecule has 1 amide bonds. The van der Waals surface area contributed by atoms with E-state index < -0.39 is 12.0 Å². The molecule has 0 unspecified atom stereocenters. The highest BCUT2D eigenvalue weighted by atomic mass is 32.1. The van der Waals surface area contributed by atoms with Crippen molar-refractivity contribution in [2.45, 2.75) is 33.2 Å². The smallest absolute Gasteiger partial charge is 0.328 e. The molecule has 2 aromatic heterocycles. The molecule has 8 nitrogen and oxygen atoms in total. The number of fused-ring (bicyclic) bond motifs is 1. The Labute approximate surface area is 177 Å². The van der Waals surface area contributed by atoms with Crippen molar-refractivity contribution < 1.29 is 19.1 Å².